The second-order valence-electron chi connectivity index (χ2n) is 5.11. The largest absolute Gasteiger partial charge is 0.423 e. The smallest absolute Gasteiger partial charge is 0.298 e. The summed E-state index contributed by atoms with van der Waals surface area (Å²) in [6.45, 7) is 4.25. The highest BCUT2D eigenvalue weighted by atomic mass is 16.4. The van der Waals surface area contributed by atoms with Gasteiger partial charge in [-0.15, -0.1) is 0 Å². The van der Waals surface area contributed by atoms with Gasteiger partial charge in [-0.25, -0.2) is 0 Å². The summed E-state index contributed by atoms with van der Waals surface area (Å²) in [6.07, 6.45) is 3.79. The lowest BCUT2D eigenvalue weighted by Crippen LogP contribution is -2.26. The summed E-state index contributed by atoms with van der Waals surface area (Å²) in [5.74, 6) is 0.830. The van der Waals surface area contributed by atoms with Crippen molar-refractivity contribution in [3.63, 3.8) is 0 Å². The first-order valence-electron chi connectivity index (χ1n) is 6.67. The van der Waals surface area contributed by atoms with E-state index in [2.05, 4.69) is 16.8 Å². The van der Waals surface area contributed by atoms with E-state index < -0.39 is 0 Å². The number of rotatable bonds is 5. The molecule has 0 unspecified atom stereocenters. The standard InChI is InChI=1S/C14H19N3O/c1-2-7-17(9-10-3-4-10)14-16-12-8-11(15)5-6-13(12)18-14/h5-6,8,10H,2-4,7,9,15H2,1H3. The number of nitrogen functional groups attached to an aromatic ring is 1. The Morgan fingerprint density at radius 2 is 2.28 bits per heavy atom. The number of benzene rings is 1. The summed E-state index contributed by atoms with van der Waals surface area (Å²) in [6, 6.07) is 6.35. The molecule has 2 aromatic rings. The topological polar surface area (TPSA) is 55.3 Å². The molecule has 4 nitrogen and oxygen atoms in total. The first-order valence-corrected chi connectivity index (χ1v) is 6.67. The molecule has 3 rings (SSSR count). The fourth-order valence-corrected chi connectivity index (χ4v) is 2.21. The Hall–Kier alpha value is -1.71. The maximum absolute atomic E-state index is 5.83. The quantitative estimate of drug-likeness (QED) is 0.823. The lowest BCUT2D eigenvalue weighted by molar-refractivity contribution is 0.553. The van der Waals surface area contributed by atoms with Gasteiger partial charge in [0.25, 0.3) is 6.01 Å². The monoisotopic (exact) mass is 245 g/mol. The Bertz CT molecular complexity index is 545. The zero-order chi connectivity index (χ0) is 12.5. The third-order valence-corrected chi connectivity index (χ3v) is 3.34. The fraction of sp³-hybridized carbons (Fsp3) is 0.500. The third kappa shape index (κ3) is 2.28. The molecule has 1 aliphatic rings. The van der Waals surface area contributed by atoms with Gasteiger partial charge in [-0.05, 0) is 43.4 Å². The minimum atomic E-state index is 0.728. The van der Waals surface area contributed by atoms with E-state index in [1.807, 2.05) is 18.2 Å². The molecule has 1 saturated carbocycles. The molecule has 1 aliphatic carbocycles. The van der Waals surface area contributed by atoms with Crippen molar-refractivity contribution in [2.75, 3.05) is 23.7 Å². The van der Waals surface area contributed by atoms with Gasteiger partial charge in [-0.2, -0.15) is 4.98 Å². The number of hydrogen-bond acceptors (Lipinski definition) is 4. The first-order chi connectivity index (χ1) is 8.76. The molecule has 18 heavy (non-hydrogen) atoms. The Morgan fingerprint density at radius 3 is 3.00 bits per heavy atom. The molecule has 1 fully saturated rings. The highest BCUT2D eigenvalue weighted by Crippen LogP contribution is 2.32. The molecular formula is C14H19N3O. The van der Waals surface area contributed by atoms with Crippen LogP contribution in [0.3, 0.4) is 0 Å². The molecule has 1 heterocycles. The van der Waals surface area contributed by atoms with E-state index in [1.165, 1.54) is 12.8 Å². The van der Waals surface area contributed by atoms with Gasteiger partial charge < -0.3 is 15.1 Å². The van der Waals surface area contributed by atoms with Crippen molar-refractivity contribution < 1.29 is 4.42 Å². The molecule has 0 spiro atoms. The molecule has 0 bridgehead atoms. The summed E-state index contributed by atoms with van der Waals surface area (Å²) >= 11 is 0. The van der Waals surface area contributed by atoms with Crippen molar-refractivity contribution in [1.29, 1.82) is 0 Å². The van der Waals surface area contributed by atoms with Gasteiger partial charge in [-0.1, -0.05) is 6.92 Å². The minimum Gasteiger partial charge on any atom is -0.423 e. The van der Waals surface area contributed by atoms with E-state index in [1.54, 1.807) is 0 Å². The van der Waals surface area contributed by atoms with E-state index in [4.69, 9.17) is 10.2 Å². The molecule has 1 aromatic heterocycles. The lowest BCUT2D eigenvalue weighted by atomic mass is 10.3. The van der Waals surface area contributed by atoms with Gasteiger partial charge in [0.2, 0.25) is 0 Å². The van der Waals surface area contributed by atoms with E-state index in [0.29, 0.717) is 0 Å². The van der Waals surface area contributed by atoms with Crippen LogP contribution in [0.5, 0.6) is 0 Å². The number of oxazole rings is 1. The average Bonchev–Trinajstić information content (AvgIpc) is 3.06. The van der Waals surface area contributed by atoms with Crippen LogP contribution >= 0.6 is 0 Å². The second-order valence-corrected chi connectivity index (χ2v) is 5.11. The van der Waals surface area contributed by atoms with Gasteiger partial charge in [0.1, 0.15) is 5.52 Å². The minimum absolute atomic E-state index is 0.728. The number of nitrogens with zero attached hydrogens (tertiary/aromatic N) is 2. The number of fused-ring (bicyclic) bond motifs is 1. The first kappa shape index (κ1) is 11.4. The van der Waals surface area contributed by atoms with Crippen molar-refractivity contribution in [2.45, 2.75) is 26.2 Å². The summed E-state index contributed by atoms with van der Waals surface area (Å²) in [5, 5.41) is 0. The van der Waals surface area contributed by atoms with Crippen LogP contribution in [0.25, 0.3) is 11.1 Å². The number of nitrogens with two attached hydrogens (primary N) is 1. The molecule has 4 heteroatoms. The molecule has 0 saturated heterocycles. The van der Waals surface area contributed by atoms with Gasteiger partial charge >= 0.3 is 0 Å². The maximum Gasteiger partial charge on any atom is 0.298 e. The van der Waals surface area contributed by atoms with E-state index in [-0.39, 0.29) is 0 Å². The molecule has 1 aromatic carbocycles. The summed E-state index contributed by atoms with van der Waals surface area (Å²) in [5.41, 5.74) is 8.16. The fourth-order valence-electron chi connectivity index (χ4n) is 2.21. The molecule has 0 aliphatic heterocycles. The van der Waals surface area contributed by atoms with Gasteiger partial charge in [0.05, 0.1) is 0 Å². The van der Waals surface area contributed by atoms with Crippen LogP contribution in [-0.2, 0) is 0 Å². The predicted octanol–water partition coefficient (Wildman–Crippen LogP) is 3.04. The zero-order valence-electron chi connectivity index (χ0n) is 10.7. The van der Waals surface area contributed by atoms with Crippen LogP contribution in [0.15, 0.2) is 22.6 Å². The van der Waals surface area contributed by atoms with Crippen LogP contribution < -0.4 is 10.6 Å². The molecule has 0 atom stereocenters. The SMILES string of the molecule is CCCN(CC1CC1)c1nc2cc(N)ccc2o1. The van der Waals surface area contributed by atoms with Gasteiger partial charge in [0.15, 0.2) is 5.58 Å². The van der Waals surface area contributed by atoms with E-state index >= 15 is 0 Å². The van der Waals surface area contributed by atoms with Crippen molar-refractivity contribution in [3.05, 3.63) is 18.2 Å². The second kappa shape index (κ2) is 4.52. The number of anilines is 2. The van der Waals surface area contributed by atoms with E-state index in [0.717, 1.165) is 48.2 Å². The third-order valence-electron chi connectivity index (χ3n) is 3.34. The maximum atomic E-state index is 5.83. The van der Waals surface area contributed by atoms with Crippen LogP contribution in [-0.4, -0.2) is 18.1 Å². The number of hydrogen-bond donors (Lipinski definition) is 1. The zero-order valence-corrected chi connectivity index (χ0v) is 10.7. The van der Waals surface area contributed by atoms with Crippen molar-refractivity contribution in [2.24, 2.45) is 5.92 Å². The number of aromatic nitrogens is 1. The van der Waals surface area contributed by atoms with Crippen LogP contribution in [0.4, 0.5) is 11.7 Å². The normalized spacial score (nSPS) is 15.2. The van der Waals surface area contributed by atoms with Gasteiger partial charge in [0, 0.05) is 18.8 Å². The van der Waals surface area contributed by atoms with Crippen LogP contribution in [0.1, 0.15) is 26.2 Å². The molecule has 2 N–H and O–H groups in total. The van der Waals surface area contributed by atoms with E-state index in [9.17, 15) is 0 Å². The molecule has 0 radical (unpaired) electrons. The molecule has 96 valence electrons. The van der Waals surface area contributed by atoms with Crippen LogP contribution in [0.2, 0.25) is 0 Å². The Balaban J connectivity index is 1.89. The summed E-state index contributed by atoms with van der Waals surface area (Å²) in [4.78, 5) is 6.81. The Labute approximate surface area is 107 Å². The Kier molecular flexibility index (Phi) is 2.86. The average molecular weight is 245 g/mol. The van der Waals surface area contributed by atoms with Crippen molar-refractivity contribution >= 4 is 22.8 Å². The lowest BCUT2D eigenvalue weighted by Gasteiger charge is -2.19. The predicted molar refractivity (Wildman–Crippen MR) is 73.6 cm³/mol. The van der Waals surface area contributed by atoms with Crippen LogP contribution in [0, 0.1) is 5.92 Å². The van der Waals surface area contributed by atoms with Crippen molar-refractivity contribution in [3.8, 4) is 0 Å². The molecule has 0 amide bonds. The Morgan fingerprint density at radius 1 is 1.44 bits per heavy atom. The summed E-state index contributed by atoms with van der Waals surface area (Å²) in [7, 11) is 0. The van der Waals surface area contributed by atoms with Gasteiger partial charge in [-0.3, -0.25) is 0 Å². The molecular weight excluding hydrogens is 226 g/mol. The highest BCUT2D eigenvalue weighted by molar-refractivity contribution is 5.78. The highest BCUT2D eigenvalue weighted by Gasteiger charge is 2.26. The summed E-state index contributed by atoms with van der Waals surface area (Å²) < 4.78 is 5.83. The van der Waals surface area contributed by atoms with Crippen molar-refractivity contribution in [1.82, 2.24) is 4.98 Å².